The lowest BCUT2D eigenvalue weighted by Gasteiger charge is -2.26. The zero-order valence-corrected chi connectivity index (χ0v) is 11.3. The predicted octanol–water partition coefficient (Wildman–Crippen LogP) is 3.59. The number of ether oxygens (including phenoxy) is 1. The minimum atomic E-state index is -0.0511. The number of hydrogen-bond donors (Lipinski definition) is 0. The summed E-state index contributed by atoms with van der Waals surface area (Å²) in [6.45, 7) is 4.49. The fraction of sp³-hybridized carbons (Fsp3) is 0.235. The number of carbonyl (C=O) groups is 1. The molecule has 0 aromatic heterocycles. The minimum Gasteiger partial charge on any atom is -0.486 e. The van der Waals surface area contributed by atoms with E-state index in [-0.39, 0.29) is 12.0 Å². The third kappa shape index (κ3) is 3.02. The molecule has 0 radical (unpaired) electrons. The highest BCUT2D eigenvalue weighted by Gasteiger charge is 2.22. The lowest BCUT2D eigenvalue weighted by Crippen LogP contribution is -2.18. The van der Waals surface area contributed by atoms with Crippen LogP contribution < -0.4 is 4.74 Å². The van der Waals surface area contributed by atoms with E-state index >= 15 is 0 Å². The number of benzene rings is 2. The zero-order valence-electron chi connectivity index (χ0n) is 11.3. The third-order valence-electron chi connectivity index (χ3n) is 3.39. The van der Waals surface area contributed by atoms with E-state index in [2.05, 4.69) is 38.1 Å². The van der Waals surface area contributed by atoms with Crippen LogP contribution in [0, 0.1) is 0 Å². The van der Waals surface area contributed by atoms with Gasteiger partial charge in [-0.2, -0.15) is 0 Å². The average Bonchev–Trinajstić information content (AvgIpc) is 2.46. The summed E-state index contributed by atoms with van der Waals surface area (Å²) in [6.07, 6.45) is 0.752. The number of aldehydes is 1. The Balaban J connectivity index is 2.23. The Morgan fingerprint density at radius 1 is 0.947 bits per heavy atom. The first-order valence-electron chi connectivity index (χ1n) is 6.37. The Bertz CT molecular complexity index is 527. The summed E-state index contributed by atoms with van der Waals surface area (Å²) in [5, 5.41) is 0. The number of rotatable bonds is 5. The van der Waals surface area contributed by atoms with E-state index in [0.29, 0.717) is 0 Å². The number of carbonyl (C=O) groups excluding carboxylic acids is 1. The molecule has 0 amide bonds. The topological polar surface area (TPSA) is 26.3 Å². The van der Waals surface area contributed by atoms with Gasteiger partial charge in [0.05, 0.1) is 0 Å². The molecule has 0 bridgehead atoms. The van der Waals surface area contributed by atoms with Gasteiger partial charge in [0, 0.05) is 5.41 Å². The van der Waals surface area contributed by atoms with Crippen LogP contribution in [0.5, 0.6) is 5.75 Å². The Morgan fingerprint density at radius 2 is 1.53 bits per heavy atom. The smallest absolute Gasteiger partial charge is 0.157 e. The maximum atomic E-state index is 10.3. The van der Waals surface area contributed by atoms with Crippen molar-refractivity contribution in [3.05, 3.63) is 65.7 Å². The Kier molecular flexibility index (Phi) is 4.00. The van der Waals surface area contributed by atoms with Gasteiger partial charge in [0.2, 0.25) is 0 Å². The highest BCUT2D eigenvalue weighted by Crippen LogP contribution is 2.32. The van der Waals surface area contributed by atoms with Crippen molar-refractivity contribution in [2.75, 3.05) is 6.61 Å². The molecule has 0 unspecified atom stereocenters. The standard InChI is InChI=1S/C17H18O2/c1-17(2,14-6-4-3-5-7-14)15-8-10-16(11-9-15)19-13-12-18/h3-12H,13H2,1-2H3. The van der Waals surface area contributed by atoms with Gasteiger partial charge in [0.1, 0.15) is 12.4 Å². The quantitative estimate of drug-likeness (QED) is 0.762. The maximum absolute atomic E-state index is 10.3. The van der Waals surface area contributed by atoms with E-state index in [1.807, 2.05) is 30.3 Å². The minimum absolute atomic E-state index is 0.0511. The van der Waals surface area contributed by atoms with E-state index in [1.165, 1.54) is 11.1 Å². The third-order valence-corrected chi connectivity index (χ3v) is 3.39. The molecule has 0 saturated heterocycles. The monoisotopic (exact) mass is 254 g/mol. The van der Waals surface area contributed by atoms with Crippen molar-refractivity contribution in [3.8, 4) is 5.75 Å². The molecular formula is C17H18O2. The molecule has 2 heteroatoms. The molecule has 0 N–H and O–H groups in total. The molecule has 2 aromatic carbocycles. The molecule has 19 heavy (non-hydrogen) atoms. The lowest BCUT2D eigenvalue weighted by molar-refractivity contribution is -0.109. The van der Waals surface area contributed by atoms with Gasteiger partial charge in [0.15, 0.2) is 6.29 Å². The molecule has 0 spiro atoms. The van der Waals surface area contributed by atoms with Gasteiger partial charge in [-0.25, -0.2) is 0 Å². The number of hydrogen-bond acceptors (Lipinski definition) is 2. The van der Waals surface area contributed by atoms with Crippen LogP contribution in [-0.2, 0) is 10.2 Å². The average molecular weight is 254 g/mol. The van der Waals surface area contributed by atoms with Crippen molar-refractivity contribution >= 4 is 6.29 Å². The van der Waals surface area contributed by atoms with E-state index < -0.39 is 0 Å². The van der Waals surface area contributed by atoms with Crippen LogP contribution in [0.1, 0.15) is 25.0 Å². The fourth-order valence-corrected chi connectivity index (χ4v) is 2.12. The van der Waals surface area contributed by atoms with Crippen LogP contribution >= 0.6 is 0 Å². The van der Waals surface area contributed by atoms with Crippen LogP contribution in [0.15, 0.2) is 54.6 Å². The van der Waals surface area contributed by atoms with E-state index in [1.54, 1.807) is 0 Å². The summed E-state index contributed by atoms with van der Waals surface area (Å²) in [7, 11) is 0. The summed E-state index contributed by atoms with van der Waals surface area (Å²) in [4.78, 5) is 10.3. The largest absolute Gasteiger partial charge is 0.486 e. The first-order chi connectivity index (χ1) is 9.14. The van der Waals surface area contributed by atoms with Gasteiger partial charge in [0.25, 0.3) is 0 Å². The molecule has 2 nitrogen and oxygen atoms in total. The lowest BCUT2D eigenvalue weighted by atomic mass is 9.78. The Morgan fingerprint density at radius 3 is 2.11 bits per heavy atom. The van der Waals surface area contributed by atoms with Gasteiger partial charge >= 0.3 is 0 Å². The van der Waals surface area contributed by atoms with Gasteiger partial charge in [-0.3, -0.25) is 4.79 Å². The molecule has 98 valence electrons. The second-order valence-corrected chi connectivity index (χ2v) is 4.99. The molecule has 0 aliphatic carbocycles. The first kappa shape index (κ1) is 13.3. The van der Waals surface area contributed by atoms with Crippen LogP contribution in [0.3, 0.4) is 0 Å². The summed E-state index contributed by atoms with van der Waals surface area (Å²) < 4.78 is 5.26. The molecular weight excluding hydrogens is 236 g/mol. The van der Waals surface area contributed by atoms with Crippen molar-refractivity contribution in [2.24, 2.45) is 0 Å². The zero-order chi connectivity index (χ0) is 13.7. The SMILES string of the molecule is CC(C)(c1ccccc1)c1ccc(OCC=O)cc1. The van der Waals surface area contributed by atoms with Crippen LogP contribution in [0.4, 0.5) is 0 Å². The molecule has 2 aromatic rings. The summed E-state index contributed by atoms with van der Waals surface area (Å²) in [6, 6.07) is 18.3. The fourth-order valence-electron chi connectivity index (χ4n) is 2.12. The van der Waals surface area contributed by atoms with Crippen molar-refractivity contribution in [1.29, 1.82) is 0 Å². The first-order valence-corrected chi connectivity index (χ1v) is 6.37. The maximum Gasteiger partial charge on any atom is 0.157 e. The van der Waals surface area contributed by atoms with E-state index in [0.717, 1.165) is 12.0 Å². The van der Waals surface area contributed by atoms with Gasteiger partial charge in [-0.05, 0) is 23.3 Å². The summed E-state index contributed by atoms with van der Waals surface area (Å²) in [5.41, 5.74) is 2.44. The normalized spacial score (nSPS) is 11.1. The van der Waals surface area contributed by atoms with Crippen molar-refractivity contribution < 1.29 is 9.53 Å². The van der Waals surface area contributed by atoms with Crippen molar-refractivity contribution in [3.63, 3.8) is 0 Å². The molecule has 0 heterocycles. The molecule has 0 atom stereocenters. The van der Waals surface area contributed by atoms with Crippen LogP contribution in [0.25, 0.3) is 0 Å². The highest BCUT2D eigenvalue weighted by atomic mass is 16.5. The predicted molar refractivity (Wildman–Crippen MR) is 76.6 cm³/mol. The van der Waals surface area contributed by atoms with Gasteiger partial charge < -0.3 is 4.74 Å². The molecule has 2 rings (SSSR count). The molecule has 0 aliphatic heterocycles. The molecule has 0 fully saturated rings. The van der Waals surface area contributed by atoms with Crippen LogP contribution in [0.2, 0.25) is 0 Å². The van der Waals surface area contributed by atoms with Crippen LogP contribution in [-0.4, -0.2) is 12.9 Å². The van der Waals surface area contributed by atoms with Crippen molar-refractivity contribution in [1.82, 2.24) is 0 Å². The summed E-state index contributed by atoms with van der Waals surface area (Å²) >= 11 is 0. The molecule has 0 saturated carbocycles. The highest BCUT2D eigenvalue weighted by molar-refractivity contribution is 5.51. The van der Waals surface area contributed by atoms with Crippen molar-refractivity contribution in [2.45, 2.75) is 19.3 Å². The molecule has 0 aliphatic rings. The van der Waals surface area contributed by atoms with E-state index in [4.69, 9.17) is 4.74 Å². The second kappa shape index (κ2) is 5.70. The Hall–Kier alpha value is -2.09. The summed E-state index contributed by atoms with van der Waals surface area (Å²) in [5.74, 6) is 0.722. The second-order valence-electron chi connectivity index (χ2n) is 4.99. The van der Waals surface area contributed by atoms with E-state index in [9.17, 15) is 4.79 Å². The Labute approximate surface area is 114 Å². The van der Waals surface area contributed by atoms with Gasteiger partial charge in [-0.15, -0.1) is 0 Å². The van der Waals surface area contributed by atoms with Gasteiger partial charge in [-0.1, -0.05) is 56.3 Å².